The Balaban J connectivity index is 0.000000158. The summed E-state index contributed by atoms with van der Waals surface area (Å²) < 4.78 is 0. The Bertz CT molecular complexity index is 1130. The monoisotopic (exact) mass is 440 g/mol. The zero-order valence-corrected chi connectivity index (χ0v) is 19.5. The summed E-state index contributed by atoms with van der Waals surface area (Å²) in [7, 11) is 1.89. The van der Waals surface area contributed by atoms with Crippen LogP contribution < -0.4 is 5.32 Å². The number of thiazole rings is 1. The molecule has 4 aromatic rings. The second kappa shape index (κ2) is 9.09. The first-order valence-corrected chi connectivity index (χ1v) is 11.7. The van der Waals surface area contributed by atoms with Gasteiger partial charge < -0.3 is 10.1 Å². The molecule has 0 aliphatic heterocycles. The van der Waals surface area contributed by atoms with E-state index in [2.05, 4.69) is 78.1 Å². The smallest absolute Gasteiger partial charge is 0.182 e. The predicted octanol–water partition coefficient (Wildman–Crippen LogP) is 6.74. The number of aromatic nitrogens is 1. The van der Waals surface area contributed by atoms with Crippen molar-refractivity contribution in [2.75, 3.05) is 12.4 Å². The standard InChI is InChI=1S/C17H16O.C11H12N2S/c1-16(13-18)12-17(16,14-8-4-2-5-9-14)15-10-6-3-7-11-15;1-8-3-5-9(6-4-8)10-7-14-11(12-2)13-10/h2-11,13H,12H2,1H3;3-7H,1-2H3,(H,12,13). The van der Waals surface area contributed by atoms with Gasteiger partial charge in [0, 0.05) is 28.8 Å². The van der Waals surface area contributed by atoms with Crippen molar-refractivity contribution in [3.63, 3.8) is 0 Å². The van der Waals surface area contributed by atoms with Crippen molar-refractivity contribution in [3.8, 4) is 11.3 Å². The van der Waals surface area contributed by atoms with E-state index < -0.39 is 0 Å². The maximum absolute atomic E-state index is 11.5. The third kappa shape index (κ3) is 4.11. The molecule has 0 spiro atoms. The number of aryl methyl sites for hydroxylation is 1. The van der Waals surface area contributed by atoms with Crippen LogP contribution in [-0.2, 0) is 10.2 Å². The van der Waals surface area contributed by atoms with Crippen molar-refractivity contribution in [2.45, 2.75) is 25.7 Å². The van der Waals surface area contributed by atoms with Gasteiger partial charge in [-0.1, -0.05) is 97.4 Å². The molecule has 1 saturated carbocycles. The van der Waals surface area contributed by atoms with E-state index in [4.69, 9.17) is 0 Å². The third-order valence-electron chi connectivity index (χ3n) is 6.34. The van der Waals surface area contributed by atoms with Crippen LogP contribution in [0.4, 0.5) is 5.13 Å². The van der Waals surface area contributed by atoms with Gasteiger partial charge in [-0.25, -0.2) is 4.98 Å². The van der Waals surface area contributed by atoms with Crippen molar-refractivity contribution in [1.29, 1.82) is 0 Å². The topological polar surface area (TPSA) is 42.0 Å². The number of carbonyl (C=O) groups excluding carboxylic acids is 1. The van der Waals surface area contributed by atoms with Crippen LogP contribution in [0.1, 0.15) is 30.0 Å². The number of hydrogen-bond donors (Lipinski definition) is 1. The summed E-state index contributed by atoms with van der Waals surface area (Å²) in [5.74, 6) is 0. The van der Waals surface area contributed by atoms with E-state index in [0.717, 1.165) is 23.5 Å². The first-order valence-electron chi connectivity index (χ1n) is 10.8. The Labute approximate surface area is 194 Å². The maximum atomic E-state index is 11.5. The lowest BCUT2D eigenvalue weighted by atomic mass is 9.81. The van der Waals surface area contributed by atoms with Crippen molar-refractivity contribution < 1.29 is 4.79 Å². The van der Waals surface area contributed by atoms with E-state index in [9.17, 15) is 4.79 Å². The second-order valence-electron chi connectivity index (χ2n) is 8.50. The molecular weight excluding hydrogens is 412 g/mol. The minimum atomic E-state index is -0.268. The summed E-state index contributed by atoms with van der Waals surface area (Å²) in [5.41, 5.74) is 5.58. The number of hydrogen-bond acceptors (Lipinski definition) is 4. The summed E-state index contributed by atoms with van der Waals surface area (Å²) in [5, 5.41) is 6.06. The molecule has 0 bridgehead atoms. The Morgan fingerprint density at radius 3 is 1.91 bits per heavy atom. The van der Waals surface area contributed by atoms with Crippen LogP contribution in [0.15, 0.2) is 90.3 Å². The third-order valence-corrected chi connectivity index (χ3v) is 7.20. The number of anilines is 1. The quantitative estimate of drug-likeness (QED) is 0.349. The van der Waals surface area contributed by atoms with Crippen LogP contribution in [0, 0.1) is 12.3 Å². The van der Waals surface area contributed by atoms with Crippen molar-refractivity contribution >= 4 is 22.8 Å². The molecule has 0 amide bonds. The number of nitrogens with zero attached hydrogens (tertiary/aromatic N) is 1. The number of carbonyl (C=O) groups is 1. The van der Waals surface area contributed by atoms with E-state index in [1.807, 2.05) is 43.4 Å². The minimum absolute atomic E-state index is 0.128. The second-order valence-corrected chi connectivity index (χ2v) is 9.36. The molecule has 1 fully saturated rings. The lowest BCUT2D eigenvalue weighted by Gasteiger charge is -2.21. The highest BCUT2D eigenvalue weighted by Crippen LogP contribution is 2.66. The largest absolute Gasteiger partial charge is 0.365 e. The molecule has 1 unspecified atom stereocenters. The Kier molecular flexibility index (Phi) is 6.24. The summed E-state index contributed by atoms with van der Waals surface area (Å²) in [6.07, 6.45) is 2.02. The van der Waals surface area contributed by atoms with Gasteiger partial charge in [-0.05, 0) is 24.5 Å². The first-order chi connectivity index (χ1) is 15.5. The summed E-state index contributed by atoms with van der Waals surface area (Å²) in [6.45, 7) is 4.14. The zero-order valence-electron chi connectivity index (χ0n) is 18.7. The molecule has 1 aliphatic rings. The summed E-state index contributed by atoms with van der Waals surface area (Å²) in [4.78, 5) is 15.9. The molecule has 1 aliphatic carbocycles. The van der Waals surface area contributed by atoms with E-state index in [1.54, 1.807) is 11.3 Å². The van der Waals surface area contributed by atoms with Crippen LogP contribution in [0.3, 0.4) is 0 Å². The number of nitrogens with one attached hydrogen (secondary N) is 1. The van der Waals surface area contributed by atoms with E-state index in [-0.39, 0.29) is 10.8 Å². The fourth-order valence-corrected chi connectivity index (χ4v) is 5.05. The molecule has 162 valence electrons. The van der Waals surface area contributed by atoms with Crippen LogP contribution in [0.25, 0.3) is 11.3 Å². The summed E-state index contributed by atoms with van der Waals surface area (Å²) >= 11 is 1.63. The van der Waals surface area contributed by atoms with Gasteiger partial charge in [0.1, 0.15) is 6.29 Å². The average Bonchev–Trinajstić information content (AvgIpc) is 3.22. The van der Waals surface area contributed by atoms with Crippen molar-refractivity contribution in [1.82, 2.24) is 4.98 Å². The highest BCUT2D eigenvalue weighted by Gasteiger charge is 2.66. The molecule has 1 atom stereocenters. The number of aldehydes is 1. The fourth-order valence-electron chi connectivity index (χ4n) is 4.37. The Morgan fingerprint density at radius 1 is 0.906 bits per heavy atom. The molecule has 1 aromatic heterocycles. The minimum Gasteiger partial charge on any atom is -0.365 e. The molecule has 1 N–H and O–H groups in total. The van der Waals surface area contributed by atoms with Crippen molar-refractivity contribution in [3.05, 3.63) is 107 Å². The molecule has 0 saturated heterocycles. The molecule has 3 aromatic carbocycles. The Hall–Kier alpha value is -3.24. The van der Waals surface area contributed by atoms with Gasteiger partial charge in [0.25, 0.3) is 0 Å². The highest BCUT2D eigenvalue weighted by atomic mass is 32.1. The maximum Gasteiger partial charge on any atom is 0.182 e. The van der Waals surface area contributed by atoms with E-state index in [0.29, 0.717) is 0 Å². The SMILES string of the molecule is CC1(C=O)CC1(c1ccccc1)c1ccccc1.CNc1nc(-c2ccc(C)cc2)cs1. The molecule has 1 heterocycles. The highest BCUT2D eigenvalue weighted by molar-refractivity contribution is 7.14. The molecule has 5 rings (SSSR count). The van der Waals surface area contributed by atoms with E-state index >= 15 is 0 Å². The molecule has 0 radical (unpaired) electrons. The van der Waals surface area contributed by atoms with E-state index in [1.165, 1.54) is 22.3 Å². The van der Waals surface area contributed by atoms with Gasteiger partial charge in [-0.3, -0.25) is 0 Å². The molecular formula is C28H28N2OS. The van der Waals surface area contributed by atoms with Crippen LogP contribution in [0.5, 0.6) is 0 Å². The normalized spacial score (nSPS) is 18.2. The van der Waals surface area contributed by atoms with Crippen molar-refractivity contribution in [2.24, 2.45) is 5.41 Å². The summed E-state index contributed by atoms with van der Waals surface area (Å²) in [6, 6.07) is 29.1. The van der Waals surface area contributed by atoms with Gasteiger partial charge in [0.2, 0.25) is 0 Å². The van der Waals surface area contributed by atoms with Gasteiger partial charge in [0.05, 0.1) is 5.69 Å². The predicted molar refractivity (Wildman–Crippen MR) is 134 cm³/mol. The molecule has 3 nitrogen and oxygen atoms in total. The van der Waals surface area contributed by atoms with Crippen LogP contribution in [0.2, 0.25) is 0 Å². The van der Waals surface area contributed by atoms with Crippen LogP contribution >= 0.6 is 11.3 Å². The van der Waals surface area contributed by atoms with Gasteiger partial charge in [-0.2, -0.15) is 0 Å². The fraction of sp³-hybridized carbons (Fsp3) is 0.214. The van der Waals surface area contributed by atoms with Gasteiger partial charge in [-0.15, -0.1) is 11.3 Å². The molecule has 32 heavy (non-hydrogen) atoms. The van der Waals surface area contributed by atoms with Gasteiger partial charge in [0.15, 0.2) is 5.13 Å². The number of benzene rings is 3. The molecule has 4 heteroatoms. The zero-order chi connectivity index (χ0) is 22.6. The van der Waals surface area contributed by atoms with Gasteiger partial charge >= 0.3 is 0 Å². The average molecular weight is 441 g/mol. The first kappa shape index (κ1) is 22.0. The lowest BCUT2D eigenvalue weighted by Crippen LogP contribution is -2.19. The Morgan fingerprint density at radius 2 is 1.47 bits per heavy atom. The van der Waals surface area contributed by atoms with Crippen LogP contribution in [-0.4, -0.2) is 18.3 Å². The number of rotatable bonds is 5. The lowest BCUT2D eigenvalue weighted by molar-refractivity contribution is -0.112.